The van der Waals surface area contributed by atoms with Crippen LogP contribution in [0.5, 0.6) is 0 Å². The summed E-state index contributed by atoms with van der Waals surface area (Å²) in [7, 11) is 0. The third kappa shape index (κ3) is 3.83. The van der Waals surface area contributed by atoms with Gasteiger partial charge in [0.05, 0.1) is 17.3 Å². The minimum absolute atomic E-state index is 0.104. The lowest BCUT2D eigenvalue weighted by Crippen LogP contribution is -2.44. The molecule has 2 aliphatic heterocycles. The summed E-state index contributed by atoms with van der Waals surface area (Å²) >= 11 is 0. The molecule has 1 saturated heterocycles. The van der Waals surface area contributed by atoms with E-state index in [1.165, 1.54) is 11.1 Å². The Morgan fingerprint density at radius 3 is 2.50 bits per heavy atom. The predicted octanol–water partition coefficient (Wildman–Crippen LogP) is 5.17. The van der Waals surface area contributed by atoms with Crippen molar-refractivity contribution in [2.24, 2.45) is 5.92 Å². The molecule has 126 valence electrons. The molecule has 2 rings (SSSR count). The highest BCUT2D eigenvalue weighted by Crippen LogP contribution is 2.47. The third-order valence-electron chi connectivity index (χ3n) is 5.88. The Morgan fingerprint density at radius 2 is 1.82 bits per heavy atom. The maximum atomic E-state index is 10.7. The van der Waals surface area contributed by atoms with Crippen LogP contribution in [0.2, 0.25) is 0 Å². The van der Waals surface area contributed by atoms with Crippen molar-refractivity contribution in [3.63, 3.8) is 0 Å². The van der Waals surface area contributed by atoms with Crippen LogP contribution >= 0.6 is 0 Å². The summed E-state index contributed by atoms with van der Waals surface area (Å²) in [6.07, 6.45) is 11.3. The molecule has 2 nitrogen and oxygen atoms in total. The first-order valence-corrected chi connectivity index (χ1v) is 8.97. The fourth-order valence-corrected chi connectivity index (χ4v) is 3.81. The van der Waals surface area contributed by atoms with E-state index in [9.17, 15) is 5.11 Å². The van der Waals surface area contributed by atoms with Crippen molar-refractivity contribution in [3.05, 3.63) is 23.3 Å². The normalized spacial score (nSPS) is 42.6. The molecule has 0 aliphatic carbocycles. The van der Waals surface area contributed by atoms with Gasteiger partial charge in [-0.1, -0.05) is 37.1 Å². The molecule has 1 fully saturated rings. The van der Waals surface area contributed by atoms with Gasteiger partial charge in [-0.25, -0.2) is 0 Å². The van der Waals surface area contributed by atoms with Gasteiger partial charge in [0.25, 0.3) is 0 Å². The minimum Gasteiger partial charge on any atom is -0.390 e. The number of allylic oxidation sites excluding steroid dienone is 3. The molecule has 22 heavy (non-hydrogen) atoms. The van der Waals surface area contributed by atoms with Crippen LogP contribution in [0.1, 0.15) is 79.6 Å². The highest BCUT2D eigenvalue weighted by molar-refractivity contribution is 5.10. The zero-order valence-electron chi connectivity index (χ0n) is 15.1. The van der Waals surface area contributed by atoms with Crippen LogP contribution in [-0.2, 0) is 4.74 Å². The van der Waals surface area contributed by atoms with Crippen molar-refractivity contribution in [2.75, 3.05) is 0 Å². The quantitative estimate of drug-likeness (QED) is 0.677. The first-order valence-electron chi connectivity index (χ1n) is 8.97. The lowest BCUT2D eigenvalue weighted by Gasteiger charge is -2.38. The van der Waals surface area contributed by atoms with E-state index in [0.29, 0.717) is 5.92 Å². The van der Waals surface area contributed by atoms with Gasteiger partial charge >= 0.3 is 0 Å². The van der Waals surface area contributed by atoms with Crippen LogP contribution in [0.15, 0.2) is 23.3 Å². The number of aliphatic hydroxyl groups is 1. The van der Waals surface area contributed by atoms with Crippen molar-refractivity contribution in [2.45, 2.75) is 96.9 Å². The fourth-order valence-electron chi connectivity index (χ4n) is 3.81. The number of rotatable bonds is 1. The molecule has 1 unspecified atom stereocenters. The molecular formula is C20H34O2. The van der Waals surface area contributed by atoms with E-state index in [1.807, 2.05) is 0 Å². The van der Waals surface area contributed by atoms with Crippen LogP contribution in [0.3, 0.4) is 0 Å². The van der Waals surface area contributed by atoms with Crippen LogP contribution in [-0.4, -0.2) is 22.4 Å². The van der Waals surface area contributed by atoms with E-state index in [2.05, 4.69) is 46.8 Å². The van der Waals surface area contributed by atoms with E-state index in [-0.39, 0.29) is 17.3 Å². The average molecular weight is 306 g/mol. The number of fused-ring (bicyclic) bond motifs is 2. The van der Waals surface area contributed by atoms with Crippen LogP contribution in [0, 0.1) is 5.92 Å². The smallest absolute Gasteiger partial charge is 0.0921 e. The fraction of sp³-hybridized carbons (Fsp3) is 0.800. The van der Waals surface area contributed by atoms with Gasteiger partial charge < -0.3 is 9.84 Å². The van der Waals surface area contributed by atoms with Gasteiger partial charge in [-0.3, -0.25) is 0 Å². The van der Waals surface area contributed by atoms with Gasteiger partial charge in [0.15, 0.2) is 0 Å². The Bertz CT molecular complexity index is 449. The maximum absolute atomic E-state index is 10.7. The maximum Gasteiger partial charge on any atom is 0.0921 e. The van der Waals surface area contributed by atoms with E-state index >= 15 is 0 Å². The first-order chi connectivity index (χ1) is 10.3. The molecule has 0 aromatic carbocycles. The molecule has 1 N–H and O–H groups in total. The van der Waals surface area contributed by atoms with Crippen molar-refractivity contribution < 1.29 is 9.84 Å². The number of aliphatic hydroxyl groups excluding tert-OH is 1. The van der Waals surface area contributed by atoms with Gasteiger partial charge in [0, 0.05) is 0 Å². The van der Waals surface area contributed by atoms with Gasteiger partial charge in [-0.05, 0) is 71.6 Å². The molecule has 0 saturated carbocycles. The summed E-state index contributed by atoms with van der Waals surface area (Å²) in [5.74, 6) is 0.468. The standard InChI is InChI=1S/C20H34O2/c1-15(2)20-12-11-17(4)8-6-7-16(3)9-10-18(21)19(5,22-20)13-14-20/h7,11,15,18,21H,6,8-10,12-14H2,1-5H3/b16-7-,17-11-/t18-,19-,20?/m1/s1. The third-order valence-corrected chi connectivity index (χ3v) is 5.88. The second kappa shape index (κ2) is 6.88. The van der Waals surface area contributed by atoms with E-state index < -0.39 is 0 Å². The van der Waals surface area contributed by atoms with Crippen molar-refractivity contribution >= 4 is 0 Å². The van der Waals surface area contributed by atoms with E-state index in [4.69, 9.17) is 4.74 Å². The molecule has 3 atom stereocenters. The Hall–Kier alpha value is -0.600. The highest BCUT2D eigenvalue weighted by Gasteiger charge is 2.50. The summed E-state index contributed by atoms with van der Waals surface area (Å²) < 4.78 is 6.59. The summed E-state index contributed by atoms with van der Waals surface area (Å²) in [5.41, 5.74) is 2.36. The summed E-state index contributed by atoms with van der Waals surface area (Å²) in [6.45, 7) is 11.0. The Labute approximate surface area is 136 Å². The van der Waals surface area contributed by atoms with Crippen LogP contribution in [0.25, 0.3) is 0 Å². The molecule has 0 radical (unpaired) electrons. The Morgan fingerprint density at radius 1 is 1.14 bits per heavy atom. The molecule has 0 aromatic rings. The van der Waals surface area contributed by atoms with Crippen LogP contribution < -0.4 is 0 Å². The molecule has 2 bridgehead atoms. The first kappa shape index (κ1) is 17.7. The number of ether oxygens (including phenoxy) is 1. The van der Waals surface area contributed by atoms with E-state index in [1.54, 1.807) is 0 Å². The van der Waals surface area contributed by atoms with E-state index in [0.717, 1.165) is 44.9 Å². The average Bonchev–Trinajstić information content (AvgIpc) is 2.82. The van der Waals surface area contributed by atoms with Gasteiger partial charge in [0.1, 0.15) is 0 Å². The van der Waals surface area contributed by atoms with Gasteiger partial charge in [0.2, 0.25) is 0 Å². The summed E-state index contributed by atoms with van der Waals surface area (Å²) in [4.78, 5) is 0. The summed E-state index contributed by atoms with van der Waals surface area (Å²) in [5, 5.41) is 10.7. The molecule has 0 amide bonds. The monoisotopic (exact) mass is 306 g/mol. The highest BCUT2D eigenvalue weighted by atomic mass is 16.5. The lowest BCUT2D eigenvalue weighted by atomic mass is 9.82. The lowest BCUT2D eigenvalue weighted by molar-refractivity contribution is -0.162. The molecule has 2 heterocycles. The topological polar surface area (TPSA) is 29.5 Å². The van der Waals surface area contributed by atoms with Gasteiger partial charge in [-0.2, -0.15) is 0 Å². The van der Waals surface area contributed by atoms with Gasteiger partial charge in [-0.15, -0.1) is 0 Å². The second-order valence-corrected chi connectivity index (χ2v) is 8.03. The Balaban J connectivity index is 2.27. The molecule has 2 aliphatic rings. The Kier molecular flexibility index (Phi) is 5.55. The number of hydrogen-bond acceptors (Lipinski definition) is 2. The molecular weight excluding hydrogens is 272 g/mol. The van der Waals surface area contributed by atoms with Crippen molar-refractivity contribution in [1.29, 1.82) is 0 Å². The van der Waals surface area contributed by atoms with Crippen LogP contribution in [0.4, 0.5) is 0 Å². The summed E-state index contributed by atoms with van der Waals surface area (Å²) in [6, 6.07) is 0. The second-order valence-electron chi connectivity index (χ2n) is 8.03. The SMILES string of the molecule is C/C1=C/CC2(C(C)C)CC[C@@](C)(O2)[C@H](O)CC/C(C)=C\CC1. The van der Waals surface area contributed by atoms with Crippen molar-refractivity contribution in [3.8, 4) is 0 Å². The predicted molar refractivity (Wildman–Crippen MR) is 92.9 cm³/mol. The number of hydrogen-bond donors (Lipinski definition) is 1. The largest absolute Gasteiger partial charge is 0.390 e. The zero-order valence-corrected chi connectivity index (χ0v) is 15.1. The molecule has 0 spiro atoms. The van der Waals surface area contributed by atoms with Crippen molar-refractivity contribution in [1.82, 2.24) is 0 Å². The zero-order chi connectivity index (χ0) is 16.4. The minimum atomic E-state index is -0.389. The molecule has 2 heteroatoms. The molecule has 0 aromatic heterocycles.